The number of fused-ring (bicyclic) bond motifs is 3. The first-order valence-electron chi connectivity index (χ1n) is 11.5. The van der Waals surface area contributed by atoms with Crippen LogP contribution in [0.15, 0.2) is 0 Å². The zero-order valence-corrected chi connectivity index (χ0v) is 17.0. The Morgan fingerprint density at radius 1 is 0.533 bits per heavy atom. The quantitative estimate of drug-likeness (QED) is 0.620. The molecule has 8 nitrogen and oxygen atoms in total. The van der Waals surface area contributed by atoms with E-state index in [2.05, 4.69) is 0 Å². The average Bonchev–Trinajstić information content (AvgIpc) is 3.48. The van der Waals surface area contributed by atoms with Crippen LogP contribution in [0.5, 0.6) is 0 Å². The summed E-state index contributed by atoms with van der Waals surface area (Å²) in [6.45, 7) is 0.428. The van der Waals surface area contributed by atoms with Gasteiger partial charge < -0.3 is 9.47 Å². The van der Waals surface area contributed by atoms with Gasteiger partial charge in [-0.1, -0.05) is 25.7 Å². The molecular weight excluding hydrogens is 388 g/mol. The summed E-state index contributed by atoms with van der Waals surface area (Å²) >= 11 is 0. The maximum Gasteiger partial charge on any atom is 0.233 e. The number of hydrogen-bond acceptors (Lipinski definition) is 6. The highest BCUT2D eigenvalue weighted by Gasteiger charge is 2.61. The molecule has 2 saturated carbocycles. The first kappa shape index (κ1) is 18.9. The lowest BCUT2D eigenvalue weighted by Crippen LogP contribution is -2.50. The number of amides is 4. The number of nitrogens with zero attached hydrogens (tertiary/aromatic N) is 2. The van der Waals surface area contributed by atoms with Gasteiger partial charge in [0.1, 0.15) is 12.2 Å². The number of carbonyl (C=O) groups excluding carboxylic acids is 4. The molecule has 6 aliphatic rings. The van der Waals surface area contributed by atoms with Crippen molar-refractivity contribution in [2.75, 3.05) is 13.2 Å². The fraction of sp³-hybridized carbons (Fsp3) is 0.818. The molecule has 0 aromatic rings. The summed E-state index contributed by atoms with van der Waals surface area (Å²) in [5.74, 6) is -1.18. The Labute approximate surface area is 175 Å². The molecule has 0 bridgehead atoms. The van der Waals surface area contributed by atoms with Crippen LogP contribution in [0.25, 0.3) is 0 Å². The molecule has 0 radical (unpaired) electrons. The van der Waals surface area contributed by atoms with E-state index in [1.807, 2.05) is 0 Å². The van der Waals surface area contributed by atoms with Crippen molar-refractivity contribution in [3.63, 3.8) is 0 Å². The summed E-state index contributed by atoms with van der Waals surface area (Å²) in [6, 6.07) is -0.915. The third-order valence-electron chi connectivity index (χ3n) is 8.41. The van der Waals surface area contributed by atoms with Gasteiger partial charge in [0.15, 0.2) is 0 Å². The fourth-order valence-corrected chi connectivity index (χ4v) is 6.93. The highest BCUT2D eigenvalue weighted by Crippen LogP contribution is 2.44. The smallest absolute Gasteiger partial charge is 0.233 e. The minimum atomic E-state index is -0.466. The summed E-state index contributed by atoms with van der Waals surface area (Å²) in [5.41, 5.74) is 0. The zero-order valence-electron chi connectivity index (χ0n) is 17.0. The molecular formula is C22H28N2O6. The van der Waals surface area contributed by atoms with E-state index in [1.54, 1.807) is 0 Å². The number of likely N-dealkylation sites (tertiary alicyclic amines) is 2. The molecule has 162 valence electrons. The highest BCUT2D eigenvalue weighted by atomic mass is 16.6. The van der Waals surface area contributed by atoms with Crippen LogP contribution in [0.3, 0.4) is 0 Å². The molecule has 6 rings (SSSR count). The molecule has 4 saturated heterocycles. The predicted molar refractivity (Wildman–Crippen MR) is 102 cm³/mol. The van der Waals surface area contributed by atoms with Gasteiger partial charge in [0.2, 0.25) is 23.6 Å². The standard InChI is InChI=1S/C22H28N2O6/c25-19-11-5-1-2-6-12(11)20(26)23(19)15-9-29-18-16(10-30-17(15)18)24-21(27)13-7-3-4-8-14(13)22(24)28/h11-18H,1-10H2/t11-,12+,13-,14+,15-,16+,17-,18+. The molecule has 8 atom stereocenters. The lowest BCUT2D eigenvalue weighted by molar-refractivity contribution is -0.145. The van der Waals surface area contributed by atoms with Crippen LogP contribution in [0.2, 0.25) is 0 Å². The Balaban J connectivity index is 1.22. The van der Waals surface area contributed by atoms with E-state index >= 15 is 0 Å². The second kappa shape index (κ2) is 6.85. The van der Waals surface area contributed by atoms with Crippen molar-refractivity contribution in [2.24, 2.45) is 23.7 Å². The van der Waals surface area contributed by atoms with E-state index in [9.17, 15) is 19.2 Å². The maximum atomic E-state index is 13.0. The van der Waals surface area contributed by atoms with Crippen molar-refractivity contribution in [1.82, 2.24) is 9.80 Å². The monoisotopic (exact) mass is 416 g/mol. The van der Waals surface area contributed by atoms with Crippen molar-refractivity contribution in [1.29, 1.82) is 0 Å². The largest absolute Gasteiger partial charge is 0.371 e. The number of rotatable bonds is 2. The van der Waals surface area contributed by atoms with E-state index in [0.29, 0.717) is 0 Å². The molecule has 2 aliphatic carbocycles. The van der Waals surface area contributed by atoms with Crippen LogP contribution in [0, 0.1) is 23.7 Å². The second-order valence-corrected chi connectivity index (χ2v) is 9.82. The topological polar surface area (TPSA) is 93.2 Å². The number of ether oxygens (including phenoxy) is 2. The summed E-state index contributed by atoms with van der Waals surface area (Å²) in [4.78, 5) is 54.9. The number of carbonyl (C=O) groups is 4. The number of imide groups is 2. The van der Waals surface area contributed by atoms with Crippen molar-refractivity contribution < 1.29 is 28.7 Å². The van der Waals surface area contributed by atoms with Gasteiger partial charge in [-0.2, -0.15) is 0 Å². The van der Waals surface area contributed by atoms with Gasteiger partial charge in [-0.05, 0) is 25.7 Å². The van der Waals surface area contributed by atoms with Gasteiger partial charge >= 0.3 is 0 Å². The maximum absolute atomic E-state index is 13.0. The van der Waals surface area contributed by atoms with Crippen molar-refractivity contribution >= 4 is 23.6 Å². The first-order valence-corrected chi connectivity index (χ1v) is 11.5. The van der Waals surface area contributed by atoms with Gasteiger partial charge in [-0.25, -0.2) is 0 Å². The van der Waals surface area contributed by atoms with E-state index < -0.39 is 24.3 Å². The predicted octanol–water partition coefficient (Wildman–Crippen LogP) is 0.872. The lowest BCUT2D eigenvalue weighted by atomic mass is 9.81. The molecule has 0 aromatic carbocycles. The molecule has 0 unspecified atom stereocenters. The summed E-state index contributed by atoms with van der Waals surface area (Å²) < 4.78 is 12.0. The zero-order chi connectivity index (χ0) is 20.6. The van der Waals surface area contributed by atoms with Gasteiger partial charge in [0, 0.05) is 0 Å². The first-order chi connectivity index (χ1) is 14.6. The molecule has 0 spiro atoms. The van der Waals surface area contributed by atoms with Gasteiger partial charge in [0.05, 0.1) is 49.0 Å². The minimum absolute atomic E-state index is 0.0923. The van der Waals surface area contributed by atoms with Crippen LogP contribution in [0.1, 0.15) is 51.4 Å². The van der Waals surface area contributed by atoms with Crippen LogP contribution in [0.4, 0.5) is 0 Å². The van der Waals surface area contributed by atoms with Crippen LogP contribution >= 0.6 is 0 Å². The molecule has 8 heteroatoms. The van der Waals surface area contributed by atoms with E-state index in [-0.39, 0.29) is 60.5 Å². The molecule has 30 heavy (non-hydrogen) atoms. The molecule has 4 amide bonds. The van der Waals surface area contributed by atoms with Gasteiger partial charge in [-0.3, -0.25) is 29.0 Å². The van der Waals surface area contributed by atoms with Crippen LogP contribution in [-0.4, -0.2) is 70.9 Å². The normalized spacial score (nSPS) is 45.9. The average molecular weight is 416 g/mol. The Kier molecular flexibility index (Phi) is 4.32. The number of hydrogen-bond donors (Lipinski definition) is 0. The molecule has 6 fully saturated rings. The SMILES string of the molecule is O=C1[C@H]2CCCC[C@H]2C(=O)N1[C@@H]1CO[C@@H]2[C@@H]1OC[C@@H]2N1C(=O)[C@H]2CCCC[C@H]2C1=O. The molecule has 0 N–H and O–H groups in total. The van der Waals surface area contributed by atoms with Crippen molar-refractivity contribution in [3.8, 4) is 0 Å². The minimum Gasteiger partial charge on any atom is -0.371 e. The van der Waals surface area contributed by atoms with E-state index in [1.165, 1.54) is 9.80 Å². The Hall–Kier alpha value is -1.80. The second-order valence-electron chi connectivity index (χ2n) is 9.82. The van der Waals surface area contributed by atoms with E-state index in [4.69, 9.17) is 9.47 Å². The third kappa shape index (κ3) is 2.46. The summed E-state index contributed by atoms with van der Waals surface area (Å²) in [6.07, 6.45) is 6.11. The van der Waals surface area contributed by atoms with Gasteiger partial charge in [-0.15, -0.1) is 0 Å². The van der Waals surface area contributed by atoms with Crippen molar-refractivity contribution in [3.05, 3.63) is 0 Å². The summed E-state index contributed by atoms with van der Waals surface area (Å²) in [7, 11) is 0. The Morgan fingerprint density at radius 2 is 0.833 bits per heavy atom. The van der Waals surface area contributed by atoms with E-state index in [0.717, 1.165) is 51.4 Å². The Morgan fingerprint density at radius 3 is 1.13 bits per heavy atom. The van der Waals surface area contributed by atoms with Crippen LogP contribution < -0.4 is 0 Å². The fourth-order valence-electron chi connectivity index (χ4n) is 6.93. The highest BCUT2D eigenvalue weighted by molar-refractivity contribution is 6.06. The lowest BCUT2D eigenvalue weighted by Gasteiger charge is -2.26. The van der Waals surface area contributed by atoms with Crippen molar-refractivity contribution in [2.45, 2.75) is 75.7 Å². The molecule has 4 aliphatic heterocycles. The third-order valence-corrected chi connectivity index (χ3v) is 8.41. The van der Waals surface area contributed by atoms with Gasteiger partial charge in [0.25, 0.3) is 0 Å². The molecule has 0 aromatic heterocycles. The Bertz CT molecular complexity index is 699. The van der Waals surface area contributed by atoms with Crippen LogP contribution in [-0.2, 0) is 28.7 Å². The molecule has 4 heterocycles. The summed E-state index contributed by atoms with van der Waals surface area (Å²) in [5, 5.41) is 0.